The van der Waals surface area contributed by atoms with Gasteiger partial charge in [0.05, 0.1) is 12.0 Å². The summed E-state index contributed by atoms with van der Waals surface area (Å²) in [6.45, 7) is 1.93. The van der Waals surface area contributed by atoms with E-state index in [4.69, 9.17) is 0 Å². The predicted molar refractivity (Wildman–Crippen MR) is 83.1 cm³/mol. The third-order valence-corrected chi connectivity index (χ3v) is 3.31. The van der Waals surface area contributed by atoms with Gasteiger partial charge < -0.3 is 10.3 Å². The second kappa shape index (κ2) is 5.81. The maximum Gasteiger partial charge on any atom is 0.255 e. The van der Waals surface area contributed by atoms with Gasteiger partial charge in [-0.3, -0.25) is 4.79 Å². The zero-order chi connectivity index (χ0) is 15.5. The fourth-order valence-electron chi connectivity index (χ4n) is 2.23. The van der Waals surface area contributed by atoms with E-state index in [2.05, 4.69) is 15.3 Å². The molecule has 0 bridgehead atoms. The number of anilines is 1. The summed E-state index contributed by atoms with van der Waals surface area (Å²) in [5.74, 6) is -0.788. The van der Waals surface area contributed by atoms with E-state index in [1.807, 2.05) is 25.1 Å². The number of hydrogen-bond donors (Lipinski definition) is 2. The lowest BCUT2D eigenvalue weighted by Crippen LogP contribution is -2.12. The number of halogens is 1. The van der Waals surface area contributed by atoms with E-state index >= 15 is 0 Å². The van der Waals surface area contributed by atoms with Crippen LogP contribution in [0.5, 0.6) is 0 Å². The molecule has 1 aromatic heterocycles. The highest BCUT2D eigenvalue weighted by Gasteiger charge is 2.09. The van der Waals surface area contributed by atoms with Crippen molar-refractivity contribution in [2.75, 3.05) is 5.32 Å². The van der Waals surface area contributed by atoms with Gasteiger partial charge in [0.25, 0.3) is 5.91 Å². The van der Waals surface area contributed by atoms with E-state index in [9.17, 15) is 9.18 Å². The first-order chi connectivity index (χ1) is 10.6. The molecule has 0 aliphatic rings. The summed E-state index contributed by atoms with van der Waals surface area (Å²) < 4.78 is 13.2. The Morgan fingerprint density at radius 2 is 2.00 bits per heavy atom. The smallest absolute Gasteiger partial charge is 0.255 e. The molecule has 0 spiro atoms. The average molecular weight is 295 g/mol. The van der Waals surface area contributed by atoms with Crippen molar-refractivity contribution in [3.8, 4) is 11.3 Å². The molecular formula is C17H14FN3O. The summed E-state index contributed by atoms with van der Waals surface area (Å²) in [4.78, 5) is 19.4. The molecule has 2 N–H and O–H groups in total. The summed E-state index contributed by atoms with van der Waals surface area (Å²) in [5, 5.41) is 2.76. The number of carbonyl (C=O) groups is 1. The molecule has 0 radical (unpaired) electrons. The van der Waals surface area contributed by atoms with Gasteiger partial charge >= 0.3 is 0 Å². The first-order valence-electron chi connectivity index (χ1n) is 6.81. The predicted octanol–water partition coefficient (Wildman–Crippen LogP) is 3.78. The molecular weight excluding hydrogens is 281 g/mol. The minimum Gasteiger partial charge on any atom is -0.348 e. The summed E-state index contributed by atoms with van der Waals surface area (Å²) >= 11 is 0. The third kappa shape index (κ3) is 2.88. The number of carbonyl (C=O) groups excluding carboxylic acids is 1. The van der Waals surface area contributed by atoms with Crippen molar-refractivity contribution in [3.63, 3.8) is 0 Å². The van der Waals surface area contributed by atoms with Crippen LogP contribution in [0, 0.1) is 12.7 Å². The topological polar surface area (TPSA) is 57.8 Å². The lowest BCUT2D eigenvalue weighted by atomic mass is 10.1. The minimum atomic E-state index is -0.437. The van der Waals surface area contributed by atoms with Gasteiger partial charge in [0.2, 0.25) is 0 Å². The molecule has 5 heteroatoms. The van der Waals surface area contributed by atoms with Crippen molar-refractivity contribution in [1.29, 1.82) is 0 Å². The van der Waals surface area contributed by atoms with Gasteiger partial charge in [-0.25, -0.2) is 9.37 Å². The number of aryl methyl sites for hydroxylation is 1. The summed E-state index contributed by atoms with van der Waals surface area (Å²) in [7, 11) is 0. The summed E-state index contributed by atoms with van der Waals surface area (Å²) in [6, 6.07) is 13.0. The van der Waals surface area contributed by atoms with Gasteiger partial charge in [0.1, 0.15) is 5.82 Å². The number of imidazole rings is 1. The van der Waals surface area contributed by atoms with Crippen molar-refractivity contribution in [1.82, 2.24) is 9.97 Å². The molecule has 0 saturated heterocycles. The molecule has 22 heavy (non-hydrogen) atoms. The molecule has 0 atom stereocenters. The van der Waals surface area contributed by atoms with Crippen LogP contribution in [-0.2, 0) is 0 Å². The molecule has 0 fully saturated rings. The van der Waals surface area contributed by atoms with Crippen LogP contribution in [0.4, 0.5) is 10.1 Å². The number of amides is 1. The highest BCUT2D eigenvalue weighted by molar-refractivity contribution is 6.04. The molecule has 0 aliphatic carbocycles. The minimum absolute atomic E-state index is 0.279. The molecule has 0 saturated carbocycles. The van der Waals surface area contributed by atoms with E-state index in [-0.39, 0.29) is 11.5 Å². The Bertz CT molecular complexity index is 826. The van der Waals surface area contributed by atoms with E-state index in [0.717, 1.165) is 17.0 Å². The quantitative estimate of drug-likeness (QED) is 0.772. The maximum atomic E-state index is 13.2. The number of benzene rings is 2. The highest BCUT2D eigenvalue weighted by Crippen LogP contribution is 2.23. The van der Waals surface area contributed by atoms with Crippen LogP contribution in [0.15, 0.2) is 54.9 Å². The molecule has 1 amide bonds. The Balaban J connectivity index is 1.84. The number of nitrogens with zero attached hydrogens (tertiary/aromatic N) is 1. The van der Waals surface area contributed by atoms with E-state index in [1.54, 1.807) is 18.5 Å². The zero-order valence-corrected chi connectivity index (χ0v) is 11.9. The fraction of sp³-hybridized carbons (Fsp3) is 0.0588. The fourth-order valence-corrected chi connectivity index (χ4v) is 2.23. The Kier molecular flexibility index (Phi) is 3.70. The van der Waals surface area contributed by atoms with Crippen LogP contribution in [-0.4, -0.2) is 15.9 Å². The van der Waals surface area contributed by atoms with Crippen LogP contribution < -0.4 is 5.32 Å². The van der Waals surface area contributed by atoms with Crippen molar-refractivity contribution in [2.45, 2.75) is 6.92 Å². The van der Waals surface area contributed by atoms with Crippen LogP contribution in [0.1, 0.15) is 16.1 Å². The Morgan fingerprint density at radius 1 is 1.18 bits per heavy atom. The Hall–Kier alpha value is -2.95. The first-order valence-corrected chi connectivity index (χ1v) is 6.81. The number of nitrogens with one attached hydrogen (secondary N) is 2. The van der Waals surface area contributed by atoms with E-state index in [1.165, 1.54) is 18.2 Å². The van der Waals surface area contributed by atoms with Gasteiger partial charge in [0, 0.05) is 22.5 Å². The molecule has 3 aromatic rings. The second-order valence-corrected chi connectivity index (χ2v) is 4.92. The maximum absolute atomic E-state index is 13.2. The third-order valence-electron chi connectivity index (χ3n) is 3.31. The van der Waals surface area contributed by atoms with Crippen molar-refractivity contribution >= 4 is 11.6 Å². The van der Waals surface area contributed by atoms with Crippen molar-refractivity contribution < 1.29 is 9.18 Å². The van der Waals surface area contributed by atoms with Crippen molar-refractivity contribution in [2.24, 2.45) is 0 Å². The van der Waals surface area contributed by atoms with Crippen LogP contribution in [0.3, 0.4) is 0 Å². The van der Waals surface area contributed by atoms with E-state index in [0.29, 0.717) is 5.69 Å². The second-order valence-electron chi connectivity index (χ2n) is 4.92. The standard InChI is InChI=1S/C17H14FN3O/c1-11-16(20-10-19-11)12-4-3-7-15(9-12)21-17(22)13-5-2-6-14(18)8-13/h2-10H,1H3,(H,19,20)(H,21,22). The molecule has 3 rings (SSSR count). The number of aromatic nitrogens is 2. The Morgan fingerprint density at radius 3 is 2.73 bits per heavy atom. The van der Waals surface area contributed by atoms with Crippen LogP contribution in [0.25, 0.3) is 11.3 Å². The van der Waals surface area contributed by atoms with Gasteiger partial charge in [-0.1, -0.05) is 18.2 Å². The molecule has 0 aliphatic heterocycles. The molecule has 2 aromatic carbocycles. The number of H-pyrrole nitrogens is 1. The van der Waals surface area contributed by atoms with Crippen LogP contribution in [0.2, 0.25) is 0 Å². The summed E-state index contributed by atoms with van der Waals surface area (Å²) in [5.41, 5.74) is 3.60. The molecule has 110 valence electrons. The monoisotopic (exact) mass is 295 g/mol. The van der Waals surface area contributed by atoms with Gasteiger partial charge in [-0.15, -0.1) is 0 Å². The number of rotatable bonds is 3. The molecule has 0 unspecified atom stereocenters. The number of aromatic amines is 1. The van der Waals surface area contributed by atoms with Gasteiger partial charge in [0.15, 0.2) is 0 Å². The highest BCUT2D eigenvalue weighted by atomic mass is 19.1. The average Bonchev–Trinajstić information content (AvgIpc) is 2.94. The first kappa shape index (κ1) is 14.0. The SMILES string of the molecule is Cc1[nH]cnc1-c1cccc(NC(=O)c2cccc(F)c2)c1. The van der Waals surface area contributed by atoms with Crippen molar-refractivity contribution in [3.05, 3.63) is 71.9 Å². The molecule has 1 heterocycles. The van der Waals surface area contributed by atoms with Crippen LogP contribution >= 0.6 is 0 Å². The van der Waals surface area contributed by atoms with Gasteiger partial charge in [-0.05, 0) is 37.3 Å². The van der Waals surface area contributed by atoms with Gasteiger partial charge in [-0.2, -0.15) is 0 Å². The molecule has 4 nitrogen and oxygen atoms in total. The normalized spacial score (nSPS) is 10.5. The lowest BCUT2D eigenvalue weighted by Gasteiger charge is -2.07. The largest absolute Gasteiger partial charge is 0.348 e. The Labute approximate surface area is 127 Å². The lowest BCUT2D eigenvalue weighted by molar-refractivity contribution is 0.102. The summed E-state index contributed by atoms with van der Waals surface area (Å²) in [6.07, 6.45) is 1.63. The number of hydrogen-bond acceptors (Lipinski definition) is 2. The zero-order valence-electron chi connectivity index (χ0n) is 11.9. The van der Waals surface area contributed by atoms with E-state index < -0.39 is 5.82 Å².